The molecule has 0 bridgehead atoms. The van der Waals surface area contributed by atoms with Gasteiger partial charge in [-0.05, 0) is 35.2 Å². The molecule has 0 saturated carbocycles. The normalized spacial score (nSPS) is 11.4. The van der Waals surface area contributed by atoms with E-state index in [0.29, 0.717) is 24.3 Å². The van der Waals surface area contributed by atoms with Gasteiger partial charge < -0.3 is 9.84 Å². The molecular formula is C19H22O4S. The van der Waals surface area contributed by atoms with Crippen molar-refractivity contribution in [3.63, 3.8) is 0 Å². The molecule has 24 heavy (non-hydrogen) atoms. The second kappa shape index (κ2) is 8.13. The summed E-state index contributed by atoms with van der Waals surface area (Å²) >= 11 is 0. The molecule has 0 atom stereocenters. The van der Waals surface area contributed by atoms with Crippen molar-refractivity contribution in [3.8, 4) is 11.1 Å². The van der Waals surface area contributed by atoms with Crippen LogP contribution in [0.5, 0.6) is 0 Å². The van der Waals surface area contributed by atoms with Crippen LogP contribution in [-0.2, 0) is 21.0 Å². The molecule has 0 aliphatic rings. The molecule has 0 fully saturated rings. The number of hydrogen-bond donors (Lipinski definition) is 1. The number of aliphatic hydroxyl groups is 1. The van der Waals surface area contributed by atoms with Gasteiger partial charge in [0, 0.05) is 20.1 Å². The Morgan fingerprint density at radius 1 is 1.04 bits per heavy atom. The van der Waals surface area contributed by atoms with Crippen LogP contribution in [-0.4, -0.2) is 33.0 Å². The summed E-state index contributed by atoms with van der Waals surface area (Å²) in [5, 5.41) is 9.22. The van der Waals surface area contributed by atoms with Crippen molar-refractivity contribution in [2.24, 2.45) is 0 Å². The topological polar surface area (TPSA) is 63.6 Å². The van der Waals surface area contributed by atoms with Gasteiger partial charge in [-0.1, -0.05) is 43.0 Å². The van der Waals surface area contributed by atoms with Crippen molar-refractivity contribution < 1.29 is 18.3 Å². The number of aliphatic hydroxyl groups excluding tert-OH is 1. The third-order valence-corrected chi connectivity index (χ3v) is 5.49. The van der Waals surface area contributed by atoms with E-state index in [2.05, 4.69) is 6.58 Å². The first kappa shape index (κ1) is 18.2. The predicted octanol–water partition coefficient (Wildman–Crippen LogP) is 3.78. The number of allylic oxidation sites excluding steroid dienone is 1. The molecule has 2 aromatic carbocycles. The van der Waals surface area contributed by atoms with Gasteiger partial charge in [0.25, 0.3) is 0 Å². The Bertz CT molecular complexity index is 775. The van der Waals surface area contributed by atoms with E-state index in [4.69, 9.17) is 4.74 Å². The number of ether oxygens (including phenoxy) is 1. The second-order valence-electron chi connectivity index (χ2n) is 5.63. The Kier molecular flexibility index (Phi) is 6.17. The first-order chi connectivity index (χ1) is 11.4. The van der Waals surface area contributed by atoms with Crippen molar-refractivity contribution in [2.45, 2.75) is 17.7 Å². The van der Waals surface area contributed by atoms with Gasteiger partial charge in [-0.25, -0.2) is 8.42 Å². The molecule has 0 spiro atoms. The molecule has 0 unspecified atom stereocenters. The number of methoxy groups -OCH3 is 1. The van der Waals surface area contributed by atoms with Gasteiger partial charge in [-0.3, -0.25) is 0 Å². The van der Waals surface area contributed by atoms with E-state index < -0.39 is 9.84 Å². The Balaban J connectivity index is 2.12. The van der Waals surface area contributed by atoms with Gasteiger partial charge >= 0.3 is 0 Å². The predicted molar refractivity (Wildman–Crippen MR) is 95.9 cm³/mol. The Labute approximate surface area is 143 Å². The maximum Gasteiger partial charge on any atom is 0.178 e. The molecule has 5 heteroatoms. The van der Waals surface area contributed by atoms with Gasteiger partial charge in [0.05, 0.1) is 16.4 Å². The third kappa shape index (κ3) is 4.94. The van der Waals surface area contributed by atoms with Crippen molar-refractivity contribution >= 4 is 9.84 Å². The average Bonchev–Trinajstić information content (AvgIpc) is 2.55. The number of benzene rings is 2. The fourth-order valence-corrected chi connectivity index (χ4v) is 3.70. The highest BCUT2D eigenvalue weighted by Crippen LogP contribution is 2.23. The van der Waals surface area contributed by atoms with Crippen molar-refractivity contribution in [2.75, 3.05) is 19.5 Å². The molecular weight excluding hydrogens is 324 g/mol. The molecule has 0 aliphatic carbocycles. The quantitative estimate of drug-likeness (QED) is 0.584. The zero-order chi connectivity index (χ0) is 17.6. The van der Waals surface area contributed by atoms with Gasteiger partial charge in [0.15, 0.2) is 9.84 Å². The largest absolute Gasteiger partial charge is 0.513 e. The lowest BCUT2D eigenvalue weighted by Crippen LogP contribution is -2.08. The van der Waals surface area contributed by atoms with E-state index in [9.17, 15) is 13.5 Å². The maximum atomic E-state index is 12.2. The lowest BCUT2D eigenvalue weighted by molar-refractivity contribution is 0.199. The smallest absolute Gasteiger partial charge is 0.178 e. The van der Waals surface area contributed by atoms with Crippen LogP contribution in [0, 0.1) is 0 Å². The fraction of sp³-hybridized carbons (Fsp3) is 0.263. The average molecular weight is 346 g/mol. The highest BCUT2D eigenvalue weighted by Gasteiger charge is 2.13. The highest BCUT2D eigenvalue weighted by molar-refractivity contribution is 7.91. The van der Waals surface area contributed by atoms with Crippen LogP contribution in [0.15, 0.2) is 65.8 Å². The summed E-state index contributed by atoms with van der Waals surface area (Å²) in [5.74, 6) is 0.214. The van der Waals surface area contributed by atoms with Crippen LogP contribution < -0.4 is 0 Å². The van der Waals surface area contributed by atoms with E-state index >= 15 is 0 Å². The fourth-order valence-electron chi connectivity index (χ4n) is 2.42. The van der Waals surface area contributed by atoms with E-state index in [0.717, 1.165) is 16.7 Å². The minimum Gasteiger partial charge on any atom is -0.513 e. The van der Waals surface area contributed by atoms with E-state index in [1.165, 1.54) is 0 Å². The minimum atomic E-state index is -3.27. The summed E-state index contributed by atoms with van der Waals surface area (Å²) in [7, 11) is -1.71. The summed E-state index contributed by atoms with van der Waals surface area (Å²) in [6.07, 6.45) is 0.914. The van der Waals surface area contributed by atoms with Gasteiger partial charge in [-0.15, -0.1) is 0 Å². The van der Waals surface area contributed by atoms with Crippen molar-refractivity contribution in [1.82, 2.24) is 0 Å². The van der Waals surface area contributed by atoms with E-state index in [1.807, 2.05) is 36.4 Å². The molecule has 0 heterocycles. The standard InChI is InChI=1S/C19H22O4S/c1-15(20)14-16-4-6-17(7-5-16)18-8-10-19(11-9-18)24(21,22)13-3-12-23-2/h4-11,20H,1,3,12-14H2,2H3. The highest BCUT2D eigenvalue weighted by atomic mass is 32.2. The molecule has 0 aliphatic heterocycles. The van der Waals surface area contributed by atoms with Gasteiger partial charge in [-0.2, -0.15) is 0 Å². The second-order valence-corrected chi connectivity index (χ2v) is 7.74. The lowest BCUT2D eigenvalue weighted by atomic mass is 10.0. The number of rotatable bonds is 8. The van der Waals surface area contributed by atoms with E-state index in [1.54, 1.807) is 19.2 Å². The lowest BCUT2D eigenvalue weighted by Gasteiger charge is -2.07. The monoisotopic (exact) mass is 346 g/mol. The summed E-state index contributed by atoms with van der Waals surface area (Å²) in [4.78, 5) is 0.329. The van der Waals surface area contributed by atoms with Crippen molar-refractivity contribution in [3.05, 3.63) is 66.4 Å². The van der Waals surface area contributed by atoms with Crippen LogP contribution in [0.4, 0.5) is 0 Å². The van der Waals surface area contributed by atoms with E-state index in [-0.39, 0.29) is 11.5 Å². The molecule has 0 radical (unpaired) electrons. The van der Waals surface area contributed by atoms with Crippen LogP contribution in [0.3, 0.4) is 0 Å². The summed E-state index contributed by atoms with van der Waals surface area (Å²) in [5.41, 5.74) is 2.91. The number of hydrogen-bond acceptors (Lipinski definition) is 4. The third-order valence-electron chi connectivity index (χ3n) is 3.67. The Hall–Kier alpha value is -2.11. The first-order valence-electron chi connectivity index (χ1n) is 7.70. The Morgan fingerprint density at radius 2 is 1.58 bits per heavy atom. The first-order valence-corrected chi connectivity index (χ1v) is 9.35. The molecule has 1 N–H and O–H groups in total. The summed E-state index contributed by atoms with van der Waals surface area (Å²) < 4.78 is 29.3. The van der Waals surface area contributed by atoms with Crippen LogP contribution in [0.25, 0.3) is 11.1 Å². The summed E-state index contributed by atoms with van der Waals surface area (Å²) in [6, 6.07) is 14.6. The van der Waals surface area contributed by atoms with Gasteiger partial charge in [0.1, 0.15) is 0 Å². The Morgan fingerprint density at radius 3 is 2.08 bits per heavy atom. The molecule has 4 nitrogen and oxygen atoms in total. The molecule has 0 aromatic heterocycles. The minimum absolute atomic E-state index is 0.0833. The molecule has 128 valence electrons. The molecule has 0 amide bonds. The zero-order valence-corrected chi connectivity index (χ0v) is 14.6. The van der Waals surface area contributed by atoms with Gasteiger partial charge in [0.2, 0.25) is 0 Å². The van der Waals surface area contributed by atoms with Crippen LogP contribution in [0.2, 0.25) is 0 Å². The molecule has 0 saturated heterocycles. The van der Waals surface area contributed by atoms with Crippen LogP contribution >= 0.6 is 0 Å². The number of sulfone groups is 1. The molecule has 2 aromatic rings. The molecule has 2 rings (SSSR count). The van der Waals surface area contributed by atoms with Crippen LogP contribution in [0.1, 0.15) is 12.0 Å². The summed E-state index contributed by atoms with van der Waals surface area (Å²) in [6.45, 7) is 3.92. The van der Waals surface area contributed by atoms with Crippen molar-refractivity contribution in [1.29, 1.82) is 0 Å². The SMILES string of the molecule is C=C(O)Cc1ccc(-c2ccc(S(=O)(=O)CCCOC)cc2)cc1. The zero-order valence-electron chi connectivity index (χ0n) is 13.7. The maximum absolute atomic E-state index is 12.2.